The van der Waals surface area contributed by atoms with Gasteiger partial charge in [-0.2, -0.15) is 0 Å². The molecule has 0 radical (unpaired) electrons. The highest BCUT2D eigenvalue weighted by atomic mass is 19.3. The fraction of sp³-hybridized carbons (Fsp3) is 0.520. The predicted octanol–water partition coefficient (Wildman–Crippen LogP) is 4.35. The number of alkyl halides is 2. The first-order chi connectivity index (χ1) is 16.5. The van der Waals surface area contributed by atoms with E-state index in [1.807, 2.05) is 30.3 Å². The zero-order valence-corrected chi connectivity index (χ0v) is 19.3. The van der Waals surface area contributed by atoms with Gasteiger partial charge < -0.3 is 24.6 Å². The molecule has 2 unspecified atom stereocenters. The second-order valence-corrected chi connectivity index (χ2v) is 9.04. The van der Waals surface area contributed by atoms with Crippen molar-refractivity contribution >= 4 is 28.8 Å². The highest BCUT2D eigenvalue weighted by molar-refractivity contribution is 6.00. The zero-order valence-electron chi connectivity index (χ0n) is 19.3. The highest BCUT2D eigenvalue weighted by Gasteiger charge is 2.48. The van der Waals surface area contributed by atoms with E-state index in [0.29, 0.717) is 31.1 Å². The van der Waals surface area contributed by atoms with Crippen LogP contribution in [0.3, 0.4) is 0 Å². The number of ether oxygens (including phenoxy) is 2. The molecule has 1 aliphatic carbocycles. The minimum Gasteiger partial charge on any atom is -0.378 e. The summed E-state index contributed by atoms with van der Waals surface area (Å²) < 4.78 is 40.4. The van der Waals surface area contributed by atoms with E-state index in [0.717, 1.165) is 30.0 Å². The summed E-state index contributed by atoms with van der Waals surface area (Å²) in [4.78, 5) is 22.1. The molecule has 34 heavy (non-hydrogen) atoms. The first-order valence-electron chi connectivity index (χ1n) is 11.9. The van der Waals surface area contributed by atoms with E-state index in [1.165, 1.54) is 0 Å². The van der Waals surface area contributed by atoms with Crippen LogP contribution in [0.15, 0.2) is 36.5 Å². The van der Waals surface area contributed by atoms with E-state index in [-0.39, 0.29) is 25.5 Å². The largest absolute Gasteiger partial charge is 0.378 e. The lowest BCUT2D eigenvalue weighted by Crippen LogP contribution is -2.47. The van der Waals surface area contributed by atoms with Gasteiger partial charge in [0.25, 0.3) is 5.92 Å². The predicted molar refractivity (Wildman–Crippen MR) is 126 cm³/mol. The van der Waals surface area contributed by atoms with Crippen LogP contribution in [0.1, 0.15) is 31.7 Å². The van der Waals surface area contributed by atoms with E-state index in [4.69, 9.17) is 9.47 Å². The van der Waals surface area contributed by atoms with Gasteiger partial charge in [-0.05, 0) is 44.0 Å². The minimum atomic E-state index is -3.03. The molecule has 3 heterocycles. The summed E-state index contributed by atoms with van der Waals surface area (Å²) in [5, 5.41) is 3.34. The van der Waals surface area contributed by atoms with E-state index in [1.54, 1.807) is 18.0 Å². The Balaban J connectivity index is 1.48. The fourth-order valence-corrected chi connectivity index (χ4v) is 5.09. The maximum absolute atomic E-state index is 14.8. The summed E-state index contributed by atoms with van der Waals surface area (Å²) in [6, 6.07) is 9.64. The first kappa shape index (κ1) is 23.0. The fourth-order valence-electron chi connectivity index (χ4n) is 5.09. The number of halogens is 2. The normalized spacial score (nSPS) is 24.0. The average molecular weight is 473 g/mol. The second-order valence-electron chi connectivity index (χ2n) is 9.04. The number of hydrogen-bond acceptors (Lipinski definition) is 6. The lowest BCUT2D eigenvalue weighted by molar-refractivity contribution is -0.170. The molecule has 2 aromatic rings. The van der Waals surface area contributed by atoms with Gasteiger partial charge in [-0.15, -0.1) is 0 Å². The molecule has 2 aliphatic heterocycles. The molecule has 1 saturated carbocycles. The van der Waals surface area contributed by atoms with Crippen molar-refractivity contribution in [3.63, 3.8) is 0 Å². The van der Waals surface area contributed by atoms with Crippen LogP contribution >= 0.6 is 0 Å². The summed E-state index contributed by atoms with van der Waals surface area (Å²) in [5.41, 5.74) is 3.24. The summed E-state index contributed by atoms with van der Waals surface area (Å²) in [7, 11) is 0. The third-order valence-electron chi connectivity index (χ3n) is 6.87. The molecule has 1 aromatic carbocycles. The number of pyridine rings is 1. The van der Waals surface area contributed by atoms with Crippen LogP contribution in [-0.4, -0.2) is 55.8 Å². The molecule has 9 heteroatoms. The molecule has 1 N–H and O–H groups in total. The van der Waals surface area contributed by atoms with Crippen molar-refractivity contribution in [2.45, 2.75) is 44.8 Å². The van der Waals surface area contributed by atoms with Crippen LogP contribution < -0.4 is 15.1 Å². The van der Waals surface area contributed by atoms with Crippen LogP contribution in [0.5, 0.6) is 0 Å². The lowest BCUT2D eigenvalue weighted by atomic mass is 9.83. The molecule has 3 aliphatic rings. The Morgan fingerprint density at radius 2 is 2.09 bits per heavy atom. The standard InChI is InChI=1S/C25H30F2N4O3/c1-2-34-22-8-5-17(15-25(22,26)27)24(32)31-16-18-4-3-9-28-23(18)29-20-7-6-19(14-21(20)31)30-10-12-33-13-11-30/h3-4,6-7,9,14,17,22H,2,5,8,10-13,15-16H2,1H3,(H,28,29). The van der Waals surface area contributed by atoms with Gasteiger partial charge in [0.15, 0.2) is 0 Å². The summed E-state index contributed by atoms with van der Waals surface area (Å²) in [6.45, 7) is 5.03. The smallest absolute Gasteiger partial charge is 0.274 e. The summed E-state index contributed by atoms with van der Waals surface area (Å²) in [5.74, 6) is -3.42. The number of nitrogens with one attached hydrogen (secondary N) is 1. The number of carbonyl (C=O) groups is 1. The van der Waals surface area contributed by atoms with E-state index in [2.05, 4.69) is 15.2 Å². The number of benzene rings is 1. The van der Waals surface area contributed by atoms with Crippen LogP contribution in [-0.2, 0) is 20.8 Å². The van der Waals surface area contributed by atoms with Crippen molar-refractivity contribution in [3.8, 4) is 0 Å². The number of amides is 1. The van der Waals surface area contributed by atoms with Crippen molar-refractivity contribution < 1.29 is 23.0 Å². The second kappa shape index (κ2) is 9.46. The molecule has 2 fully saturated rings. The Morgan fingerprint density at radius 3 is 2.85 bits per heavy atom. The van der Waals surface area contributed by atoms with Crippen LogP contribution in [0.25, 0.3) is 0 Å². The number of carbonyl (C=O) groups excluding carboxylic acids is 1. The summed E-state index contributed by atoms with van der Waals surface area (Å²) in [6.07, 6.45) is 0.612. The quantitative estimate of drug-likeness (QED) is 0.714. The number of fused-ring (bicyclic) bond motifs is 2. The van der Waals surface area contributed by atoms with Gasteiger partial charge in [-0.3, -0.25) is 4.79 Å². The third kappa shape index (κ3) is 4.46. The number of aromatic nitrogens is 1. The average Bonchev–Trinajstić information content (AvgIpc) is 3.01. The van der Waals surface area contributed by atoms with Crippen molar-refractivity contribution in [3.05, 3.63) is 42.1 Å². The molecule has 2 atom stereocenters. The number of nitrogens with zero attached hydrogens (tertiary/aromatic N) is 3. The molecule has 1 amide bonds. The lowest BCUT2D eigenvalue weighted by Gasteiger charge is -2.37. The molecule has 182 valence electrons. The maximum atomic E-state index is 14.8. The minimum absolute atomic E-state index is 0.169. The van der Waals surface area contributed by atoms with Gasteiger partial charge in [-0.1, -0.05) is 6.07 Å². The van der Waals surface area contributed by atoms with Gasteiger partial charge in [-0.25, -0.2) is 13.8 Å². The van der Waals surface area contributed by atoms with Gasteiger partial charge in [0.2, 0.25) is 5.91 Å². The van der Waals surface area contributed by atoms with E-state index < -0.39 is 24.4 Å². The molecule has 0 spiro atoms. The van der Waals surface area contributed by atoms with Crippen LogP contribution in [0.2, 0.25) is 0 Å². The zero-order chi connectivity index (χ0) is 23.7. The monoisotopic (exact) mass is 472 g/mol. The molecule has 1 saturated heterocycles. The molecule has 1 aromatic heterocycles. The van der Waals surface area contributed by atoms with Gasteiger partial charge in [0, 0.05) is 49.5 Å². The van der Waals surface area contributed by atoms with E-state index in [9.17, 15) is 13.6 Å². The van der Waals surface area contributed by atoms with Crippen LogP contribution in [0, 0.1) is 5.92 Å². The molecule has 5 rings (SSSR count). The van der Waals surface area contributed by atoms with Crippen molar-refractivity contribution in [1.82, 2.24) is 4.98 Å². The number of hydrogen-bond donors (Lipinski definition) is 1. The molecular formula is C25H30F2N4O3. The number of morpholine rings is 1. The SMILES string of the molecule is CCOC1CCC(C(=O)N2Cc3cccnc3Nc3ccc(N4CCOCC4)cc32)CC1(F)F. The molecular weight excluding hydrogens is 442 g/mol. The Bertz CT molecular complexity index is 1040. The molecule has 7 nitrogen and oxygen atoms in total. The van der Waals surface area contributed by atoms with E-state index >= 15 is 0 Å². The Hall–Kier alpha value is -2.78. The van der Waals surface area contributed by atoms with Crippen molar-refractivity contribution in [2.24, 2.45) is 5.92 Å². The number of anilines is 4. The van der Waals surface area contributed by atoms with Crippen molar-refractivity contribution in [1.29, 1.82) is 0 Å². The van der Waals surface area contributed by atoms with Crippen molar-refractivity contribution in [2.75, 3.05) is 48.0 Å². The van der Waals surface area contributed by atoms with Crippen LogP contribution in [0.4, 0.5) is 31.7 Å². The Labute approximate surface area is 198 Å². The summed E-state index contributed by atoms with van der Waals surface area (Å²) >= 11 is 0. The Morgan fingerprint density at radius 1 is 1.26 bits per heavy atom. The van der Waals surface area contributed by atoms with Gasteiger partial charge in [0.05, 0.1) is 31.1 Å². The van der Waals surface area contributed by atoms with Gasteiger partial charge in [0.1, 0.15) is 11.9 Å². The molecule has 0 bridgehead atoms. The number of rotatable bonds is 4. The van der Waals surface area contributed by atoms with Gasteiger partial charge >= 0.3 is 0 Å². The first-order valence-corrected chi connectivity index (χ1v) is 11.9. The third-order valence-corrected chi connectivity index (χ3v) is 6.87. The Kier molecular flexibility index (Phi) is 6.40. The highest BCUT2D eigenvalue weighted by Crippen LogP contribution is 2.43. The topological polar surface area (TPSA) is 66.9 Å². The maximum Gasteiger partial charge on any atom is 0.274 e.